The van der Waals surface area contributed by atoms with Crippen LogP contribution in [-0.2, 0) is 11.0 Å². The molecule has 1 saturated heterocycles. The molecule has 1 aliphatic rings. The van der Waals surface area contributed by atoms with Gasteiger partial charge in [0.1, 0.15) is 0 Å². The maximum atomic E-state index is 13.2. The minimum atomic E-state index is -4.46. The number of aliphatic carboxylic acids is 1. The molecule has 0 radical (unpaired) electrons. The Bertz CT molecular complexity index is 533. The van der Waals surface area contributed by atoms with E-state index in [1.807, 2.05) is 0 Å². The summed E-state index contributed by atoms with van der Waals surface area (Å²) < 4.78 is 40.0. The first-order chi connectivity index (χ1) is 9.79. The number of alkyl halides is 3. The lowest BCUT2D eigenvalue weighted by atomic mass is 9.97. The Labute approximate surface area is 128 Å². The van der Waals surface area contributed by atoms with Crippen LogP contribution in [0.2, 0.25) is 0 Å². The molecule has 0 saturated carbocycles. The predicted octanol–water partition coefficient (Wildman–Crippen LogP) is 4.30. The molecule has 0 amide bonds. The highest BCUT2D eigenvalue weighted by molar-refractivity contribution is 9.10. The molecule has 0 aliphatic carbocycles. The van der Waals surface area contributed by atoms with Crippen molar-refractivity contribution in [1.82, 2.24) is 0 Å². The van der Waals surface area contributed by atoms with Gasteiger partial charge in [-0.1, -0.05) is 15.9 Å². The van der Waals surface area contributed by atoms with Gasteiger partial charge in [-0.15, -0.1) is 0 Å². The smallest absolute Gasteiger partial charge is 0.418 e. The molecule has 21 heavy (non-hydrogen) atoms. The molecular weight excluding hydrogens is 351 g/mol. The van der Waals surface area contributed by atoms with Gasteiger partial charge in [-0.3, -0.25) is 4.79 Å². The fraction of sp³-hybridized carbons (Fsp3) is 0.500. The highest BCUT2D eigenvalue weighted by atomic mass is 79.9. The summed E-state index contributed by atoms with van der Waals surface area (Å²) in [7, 11) is 0. The van der Waals surface area contributed by atoms with Crippen LogP contribution in [0.1, 0.15) is 31.2 Å². The molecule has 1 aromatic rings. The summed E-state index contributed by atoms with van der Waals surface area (Å²) in [4.78, 5) is 12.5. The average molecular weight is 366 g/mol. The summed E-state index contributed by atoms with van der Waals surface area (Å²) in [5, 5.41) is 8.96. The van der Waals surface area contributed by atoms with Gasteiger partial charge in [-0.2, -0.15) is 13.2 Å². The number of carbonyl (C=O) groups is 1. The summed E-state index contributed by atoms with van der Waals surface area (Å²) in [5.74, 6) is -0.990. The Morgan fingerprint density at radius 1 is 1.38 bits per heavy atom. The van der Waals surface area contributed by atoms with E-state index in [1.54, 1.807) is 4.90 Å². The second-order valence-electron chi connectivity index (χ2n) is 5.10. The van der Waals surface area contributed by atoms with E-state index in [4.69, 9.17) is 5.11 Å². The first-order valence-electron chi connectivity index (χ1n) is 6.64. The number of halogens is 4. The standard InChI is InChI=1S/C14H15BrF3NO2/c15-9-4-5-11(14(16,17)18)12(7-9)19-6-2-1-3-10(19)8-13(20)21/h4-5,7,10H,1-3,6,8H2,(H,20,21). The van der Waals surface area contributed by atoms with Crippen LogP contribution < -0.4 is 4.90 Å². The zero-order valence-corrected chi connectivity index (χ0v) is 12.7. The number of nitrogens with zero attached hydrogens (tertiary/aromatic N) is 1. The van der Waals surface area contributed by atoms with Crippen LogP contribution in [0.25, 0.3) is 0 Å². The SMILES string of the molecule is O=C(O)CC1CCCCN1c1cc(Br)ccc1C(F)(F)F. The number of hydrogen-bond acceptors (Lipinski definition) is 2. The Balaban J connectivity index is 2.42. The Morgan fingerprint density at radius 2 is 2.10 bits per heavy atom. The molecule has 116 valence electrons. The zero-order valence-electron chi connectivity index (χ0n) is 11.2. The van der Waals surface area contributed by atoms with Gasteiger partial charge in [0, 0.05) is 17.1 Å². The summed E-state index contributed by atoms with van der Waals surface area (Å²) >= 11 is 3.19. The topological polar surface area (TPSA) is 40.5 Å². The summed E-state index contributed by atoms with van der Waals surface area (Å²) in [6.45, 7) is 0.442. The van der Waals surface area contributed by atoms with Crippen molar-refractivity contribution < 1.29 is 23.1 Å². The van der Waals surface area contributed by atoms with Gasteiger partial charge in [-0.25, -0.2) is 0 Å². The molecule has 1 aromatic carbocycles. The number of carboxylic acid groups (broad SMARTS) is 1. The van der Waals surface area contributed by atoms with Crippen molar-refractivity contribution in [3.8, 4) is 0 Å². The number of piperidine rings is 1. The van der Waals surface area contributed by atoms with E-state index in [9.17, 15) is 18.0 Å². The second-order valence-corrected chi connectivity index (χ2v) is 6.02. The Hall–Kier alpha value is -1.24. The van der Waals surface area contributed by atoms with Crippen molar-refractivity contribution in [2.24, 2.45) is 0 Å². The minimum absolute atomic E-state index is 0.0582. The van der Waals surface area contributed by atoms with Crippen LogP contribution in [0.4, 0.5) is 18.9 Å². The molecule has 1 heterocycles. The molecule has 0 bridgehead atoms. The third-order valence-corrected chi connectivity index (χ3v) is 4.11. The minimum Gasteiger partial charge on any atom is -0.481 e. The number of rotatable bonds is 3. The first-order valence-corrected chi connectivity index (χ1v) is 7.43. The van der Waals surface area contributed by atoms with Crippen LogP contribution >= 0.6 is 15.9 Å². The van der Waals surface area contributed by atoms with Crippen molar-refractivity contribution >= 4 is 27.6 Å². The molecular formula is C14H15BrF3NO2. The molecule has 3 nitrogen and oxygen atoms in total. The van der Waals surface area contributed by atoms with Crippen molar-refractivity contribution in [2.45, 2.75) is 37.9 Å². The molecule has 1 unspecified atom stereocenters. The Kier molecular flexibility index (Phi) is 4.81. The largest absolute Gasteiger partial charge is 0.481 e. The quantitative estimate of drug-likeness (QED) is 0.867. The van der Waals surface area contributed by atoms with Gasteiger partial charge in [0.25, 0.3) is 0 Å². The number of hydrogen-bond donors (Lipinski definition) is 1. The van der Waals surface area contributed by atoms with Gasteiger partial charge >= 0.3 is 12.1 Å². The van der Waals surface area contributed by atoms with E-state index in [2.05, 4.69) is 15.9 Å². The van der Waals surface area contributed by atoms with E-state index in [0.29, 0.717) is 17.4 Å². The van der Waals surface area contributed by atoms with Gasteiger partial charge in [0.2, 0.25) is 0 Å². The van der Waals surface area contributed by atoms with Gasteiger partial charge < -0.3 is 10.0 Å². The van der Waals surface area contributed by atoms with Gasteiger partial charge in [0.15, 0.2) is 0 Å². The molecule has 1 aliphatic heterocycles. The maximum Gasteiger partial charge on any atom is 0.418 e. The predicted molar refractivity (Wildman–Crippen MR) is 76.4 cm³/mol. The maximum absolute atomic E-state index is 13.2. The second kappa shape index (κ2) is 6.25. The number of carboxylic acids is 1. The zero-order chi connectivity index (χ0) is 15.6. The van der Waals surface area contributed by atoms with E-state index in [-0.39, 0.29) is 12.1 Å². The van der Waals surface area contributed by atoms with Crippen LogP contribution in [0, 0.1) is 0 Å². The van der Waals surface area contributed by atoms with E-state index < -0.39 is 23.8 Å². The van der Waals surface area contributed by atoms with Gasteiger partial charge in [0.05, 0.1) is 17.7 Å². The summed E-state index contributed by atoms with van der Waals surface area (Å²) in [6.07, 6.45) is -2.41. The average Bonchev–Trinajstić information content (AvgIpc) is 2.37. The third-order valence-electron chi connectivity index (χ3n) is 3.61. The fourth-order valence-electron chi connectivity index (χ4n) is 2.71. The lowest BCUT2D eigenvalue weighted by Gasteiger charge is -2.38. The summed E-state index contributed by atoms with van der Waals surface area (Å²) in [5.41, 5.74) is -0.661. The molecule has 2 rings (SSSR count). The third kappa shape index (κ3) is 3.90. The number of anilines is 1. The molecule has 0 aromatic heterocycles. The monoisotopic (exact) mass is 365 g/mol. The highest BCUT2D eigenvalue weighted by Gasteiger charge is 2.37. The molecule has 1 atom stereocenters. The first kappa shape index (κ1) is 16.1. The molecule has 1 fully saturated rings. The molecule has 1 N–H and O–H groups in total. The van der Waals surface area contributed by atoms with E-state index in [0.717, 1.165) is 18.9 Å². The van der Waals surface area contributed by atoms with Crippen molar-refractivity contribution in [1.29, 1.82) is 0 Å². The van der Waals surface area contributed by atoms with Gasteiger partial charge in [-0.05, 0) is 37.5 Å². The number of benzene rings is 1. The van der Waals surface area contributed by atoms with Crippen molar-refractivity contribution in [3.05, 3.63) is 28.2 Å². The van der Waals surface area contributed by atoms with Crippen molar-refractivity contribution in [2.75, 3.05) is 11.4 Å². The highest BCUT2D eigenvalue weighted by Crippen LogP contribution is 2.40. The lowest BCUT2D eigenvalue weighted by Crippen LogP contribution is -2.41. The van der Waals surface area contributed by atoms with Crippen LogP contribution in [0.5, 0.6) is 0 Å². The van der Waals surface area contributed by atoms with Crippen LogP contribution in [-0.4, -0.2) is 23.7 Å². The van der Waals surface area contributed by atoms with Crippen LogP contribution in [0.3, 0.4) is 0 Å². The van der Waals surface area contributed by atoms with E-state index >= 15 is 0 Å². The normalized spacial score (nSPS) is 19.6. The lowest BCUT2D eigenvalue weighted by molar-refractivity contribution is -0.137. The Morgan fingerprint density at radius 3 is 2.71 bits per heavy atom. The summed E-state index contributed by atoms with van der Waals surface area (Å²) in [6, 6.07) is 3.41. The fourth-order valence-corrected chi connectivity index (χ4v) is 3.06. The van der Waals surface area contributed by atoms with Crippen molar-refractivity contribution in [3.63, 3.8) is 0 Å². The van der Waals surface area contributed by atoms with Crippen LogP contribution in [0.15, 0.2) is 22.7 Å². The molecule has 7 heteroatoms. The molecule has 0 spiro atoms. The van der Waals surface area contributed by atoms with E-state index in [1.165, 1.54) is 12.1 Å².